The molecule has 3 heteroatoms. The topological polar surface area (TPSA) is 42.0 Å². The summed E-state index contributed by atoms with van der Waals surface area (Å²) in [6, 6.07) is 31.9. The summed E-state index contributed by atoms with van der Waals surface area (Å²) >= 11 is 0. The number of para-hydroxylation sites is 1. The van der Waals surface area contributed by atoms with Gasteiger partial charge in [-0.25, -0.2) is 4.98 Å². The number of amides is 1. The van der Waals surface area contributed by atoms with Gasteiger partial charge < -0.3 is 5.32 Å². The summed E-state index contributed by atoms with van der Waals surface area (Å²) in [6.07, 6.45) is 0. The van der Waals surface area contributed by atoms with Crippen molar-refractivity contribution in [3.8, 4) is 11.3 Å². The molecule has 0 aliphatic heterocycles. The van der Waals surface area contributed by atoms with Crippen molar-refractivity contribution in [2.75, 3.05) is 5.32 Å². The van der Waals surface area contributed by atoms with Gasteiger partial charge in [-0.05, 0) is 41.5 Å². The fourth-order valence-electron chi connectivity index (χ4n) is 3.94. The molecule has 0 unspecified atom stereocenters. The van der Waals surface area contributed by atoms with Gasteiger partial charge in [-0.15, -0.1) is 0 Å². The first kappa shape index (κ1) is 18.1. The first-order valence-electron chi connectivity index (χ1n) is 9.95. The Morgan fingerprint density at radius 1 is 0.767 bits per heavy atom. The number of aromatic nitrogens is 1. The number of hydrogen-bond acceptors (Lipinski definition) is 2. The van der Waals surface area contributed by atoms with Crippen molar-refractivity contribution in [2.45, 2.75) is 6.92 Å². The molecule has 0 bridgehead atoms. The molecule has 0 spiro atoms. The highest BCUT2D eigenvalue weighted by atomic mass is 16.1. The molecule has 5 rings (SSSR count). The minimum absolute atomic E-state index is 0.126. The monoisotopic (exact) mass is 388 g/mol. The zero-order chi connectivity index (χ0) is 20.5. The Morgan fingerprint density at radius 3 is 2.30 bits per heavy atom. The van der Waals surface area contributed by atoms with Crippen molar-refractivity contribution in [3.63, 3.8) is 0 Å². The van der Waals surface area contributed by atoms with Crippen LogP contribution in [0.25, 0.3) is 32.9 Å². The lowest BCUT2D eigenvalue weighted by atomic mass is 9.97. The minimum Gasteiger partial charge on any atom is -0.322 e. The Kier molecular flexibility index (Phi) is 4.49. The minimum atomic E-state index is -0.126. The summed E-state index contributed by atoms with van der Waals surface area (Å²) in [5.41, 5.74) is 4.95. The number of carbonyl (C=O) groups is 1. The van der Waals surface area contributed by atoms with Crippen LogP contribution < -0.4 is 5.32 Å². The van der Waals surface area contributed by atoms with E-state index >= 15 is 0 Å². The number of fused-ring (bicyclic) bond motifs is 2. The van der Waals surface area contributed by atoms with E-state index in [9.17, 15) is 4.79 Å². The van der Waals surface area contributed by atoms with Crippen molar-refractivity contribution < 1.29 is 4.79 Å². The zero-order valence-corrected chi connectivity index (χ0v) is 16.6. The van der Waals surface area contributed by atoms with Crippen LogP contribution in [0.5, 0.6) is 0 Å². The predicted octanol–water partition coefficient (Wildman–Crippen LogP) is 6.62. The molecule has 0 fully saturated rings. The number of hydrogen-bond donors (Lipinski definition) is 1. The van der Waals surface area contributed by atoms with Gasteiger partial charge in [0.1, 0.15) is 0 Å². The van der Waals surface area contributed by atoms with Crippen LogP contribution in [0.2, 0.25) is 0 Å². The second-order valence-electron chi connectivity index (χ2n) is 7.36. The third-order valence-corrected chi connectivity index (χ3v) is 5.42. The van der Waals surface area contributed by atoms with Crippen LogP contribution in [0.3, 0.4) is 0 Å². The highest BCUT2D eigenvalue weighted by molar-refractivity contribution is 6.14. The first-order chi connectivity index (χ1) is 14.7. The molecule has 1 N–H and O–H groups in total. The SMILES string of the molecule is Cc1c(-c2ccccc2)nc2ccccc2c1C(=O)Nc1ccc2ccccc2c1. The van der Waals surface area contributed by atoms with Crippen LogP contribution in [-0.2, 0) is 0 Å². The lowest BCUT2D eigenvalue weighted by molar-refractivity contribution is 0.102. The smallest absolute Gasteiger partial charge is 0.256 e. The maximum atomic E-state index is 13.4. The van der Waals surface area contributed by atoms with Crippen LogP contribution >= 0.6 is 0 Å². The molecule has 0 saturated carbocycles. The Bertz CT molecular complexity index is 1390. The number of nitrogens with one attached hydrogen (secondary N) is 1. The van der Waals surface area contributed by atoms with E-state index < -0.39 is 0 Å². The Balaban J connectivity index is 1.63. The summed E-state index contributed by atoms with van der Waals surface area (Å²) < 4.78 is 0. The van der Waals surface area contributed by atoms with Crippen molar-refractivity contribution >= 4 is 33.3 Å². The van der Waals surface area contributed by atoms with E-state index in [0.717, 1.165) is 44.2 Å². The third-order valence-electron chi connectivity index (χ3n) is 5.42. The van der Waals surface area contributed by atoms with Crippen molar-refractivity contribution in [1.82, 2.24) is 4.98 Å². The Labute approximate surface area is 175 Å². The largest absolute Gasteiger partial charge is 0.322 e. The zero-order valence-electron chi connectivity index (χ0n) is 16.6. The van der Waals surface area contributed by atoms with E-state index in [2.05, 4.69) is 11.4 Å². The molecule has 1 heterocycles. The average molecular weight is 388 g/mol. The van der Waals surface area contributed by atoms with Crippen LogP contribution in [0.1, 0.15) is 15.9 Å². The van der Waals surface area contributed by atoms with Crippen molar-refractivity contribution in [2.24, 2.45) is 0 Å². The van der Waals surface area contributed by atoms with E-state index in [4.69, 9.17) is 4.98 Å². The first-order valence-corrected chi connectivity index (χ1v) is 9.95. The maximum absolute atomic E-state index is 13.4. The fraction of sp³-hybridized carbons (Fsp3) is 0.0370. The number of pyridine rings is 1. The third kappa shape index (κ3) is 3.20. The number of anilines is 1. The second kappa shape index (κ2) is 7.45. The van der Waals surface area contributed by atoms with Crippen LogP contribution in [-0.4, -0.2) is 10.9 Å². The summed E-state index contributed by atoms with van der Waals surface area (Å²) in [7, 11) is 0. The quantitative estimate of drug-likeness (QED) is 0.377. The number of nitrogens with zero attached hydrogens (tertiary/aromatic N) is 1. The van der Waals surface area contributed by atoms with Crippen LogP contribution in [0.4, 0.5) is 5.69 Å². The summed E-state index contributed by atoms with van der Waals surface area (Å²) in [4.78, 5) is 18.3. The highest BCUT2D eigenvalue weighted by Crippen LogP contribution is 2.30. The summed E-state index contributed by atoms with van der Waals surface area (Å²) in [5.74, 6) is -0.126. The van der Waals surface area contributed by atoms with Gasteiger partial charge in [0, 0.05) is 16.6 Å². The van der Waals surface area contributed by atoms with E-state index in [1.807, 2.05) is 97.9 Å². The van der Waals surface area contributed by atoms with E-state index in [0.29, 0.717) is 5.56 Å². The predicted molar refractivity (Wildman–Crippen MR) is 124 cm³/mol. The second-order valence-corrected chi connectivity index (χ2v) is 7.36. The molecule has 0 radical (unpaired) electrons. The molecule has 0 aliphatic carbocycles. The van der Waals surface area contributed by atoms with Gasteiger partial charge in [0.05, 0.1) is 16.8 Å². The maximum Gasteiger partial charge on any atom is 0.256 e. The molecule has 5 aromatic rings. The molecule has 0 atom stereocenters. The van der Waals surface area contributed by atoms with Gasteiger partial charge in [0.2, 0.25) is 0 Å². The molecule has 30 heavy (non-hydrogen) atoms. The van der Waals surface area contributed by atoms with E-state index in [-0.39, 0.29) is 5.91 Å². The molecule has 4 aromatic carbocycles. The highest BCUT2D eigenvalue weighted by Gasteiger charge is 2.19. The van der Waals surface area contributed by atoms with Gasteiger partial charge in [0.15, 0.2) is 0 Å². The fourth-order valence-corrected chi connectivity index (χ4v) is 3.94. The van der Waals surface area contributed by atoms with Gasteiger partial charge >= 0.3 is 0 Å². The Hall–Kier alpha value is -3.98. The van der Waals surface area contributed by atoms with Gasteiger partial charge in [-0.1, -0.05) is 78.9 Å². The van der Waals surface area contributed by atoms with Crippen LogP contribution in [0.15, 0.2) is 97.1 Å². The number of carbonyl (C=O) groups excluding carboxylic acids is 1. The molecular weight excluding hydrogens is 368 g/mol. The lowest BCUT2D eigenvalue weighted by Crippen LogP contribution is -2.15. The number of benzene rings is 4. The number of rotatable bonds is 3. The molecule has 3 nitrogen and oxygen atoms in total. The molecule has 144 valence electrons. The molecule has 1 amide bonds. The lowest BCUT2D eigenvalue weighted by Gasteiger charge is -2.15. The van der Waals surface area contributed by atoms with Gasteiger partial charge in [0.25, 0.3) is 5.91 Å². The normalized spacial score (nSPS) is 11.0. The van der Waals surface area contributed by atoms with Crippen LogP contribution in [0, 0.1) is 6.92 Å². The van der Waals surface area contributed by atoms with Crippen molar-refractivity contribution in [1.29, 1.82) is 0 Å². The average Bonchev–Trinajstić information content (AvgIpc) is 2.79. The summed E-state index contributed by atoms with van der Waals surface area (Å²) in [6.45, 7) is 1.97. The standard InChI is InChI=1S/C27H20N2O/c1-18-25(27(30)28-22-16-15-19-9-5-6-12-21(19)17-22)23-13-7-8-14-24(23)29-26(18)20-10-3-2-4-11-20/h2-17H,1H3,(H,28,30). The van der Waals surface area contributed by atoms with Gasteiger partial charge in [-0.2, -0.15) is 0 Å². The Morgan fingerprint density at radius 2 is 1.47 bits per heavy atom. The van der Waals surface area contributed by atoms with E-state index in [1.165, 1.54) is 0 Å². The van der Waals surface area contributed by atoms with Gasteiger partial charge in [-0.3, -0.25) is 4.79 Å². The van der Waals surface area contributed by atoms with E-state index in [1.54, 1.807) is 0 Å². The van der Waals surface area contributed by atoms with Crippen molar-refractivity contribution in [3.05, 3.63) is 108 Å². The summed E-state index contributed by atoms with van der Waals surface area (Å²) in [5, 5.41) is 6.19. The molecular formula is C27H20N2O. The molecule has 0 aliphatic rings. The molecule has 1 aromatic heterocycles. The molecule has 0 saturated heterocycles.